The Morgan fingerprint density at radius 2 is 2.00 bits per heavy atom. The van der Waals surface area contributed by atoms with Crippen LogP contribution in [-0.4, -0.2) is 51.6 Å². The molecule has 0 bridgehead atoms. The summed E-state index contributed by atoms with van der Waals surface area (Å²) in [6, 6.07) is 9.24. The number of aliphatic hydroxyl groups is 2. The summed E-state index contributed by atoms with van der Waals surface area (Å²) in [5.41, 5.74) is -0.629. The van der Waals surface area contributed by atoms with Crippen LogP contribution in [0, 0.1) is 0 Å². The Kier molecular flexibility index (Phi) is 4.78. The molecule has 5 nitrogen and oxygen atoms in total. The number of hydrogen-bond acceptors (Lipinski definition) is 4. The molecule has 1 unspecified atom stereocenters. The number of nitrogens with zero attached hydrogens (tertiary/aromatic N) is 1. The summed E-state index contributed by atoms with van der Waals surface area (Å²) in [6.07, 6.45) is 0.303. The number of amides is 1. The van der Waals surface area contributed by atoms with E-state index >= 15 is 0 Å². The number of benzene rings is 1. The summed E-state index contributed by atoms with van der Waals surface area (Å²) in [7, 11) is 0. The zero-order valence-corrected chi connectivity index (χ0v) is 13.5. The normalized spacial score (nSPS) is 25.3. The van der Waals surface area contributed by atoms with Crippen molar-refractivity contribution in [3.05, 3.63) is 35.9 Å². The van der Waals surface area contributed by atoms with Gasteiger partial charge in [0.1, 0.15) is 5.60 Å². The summed E-state index contributed by atoms with van der Waals surface area (Å²) >= 11 is 0. The van der Waals surface area contributed by atoms with Crippen LogP contribution in [0.2, 0.25) is 0 Å². The van der Waals surface area contributed by atoms with Crippen molar-refractivity contribution in [3.8, 4) is 0 Å². The van der Waals surface area contributed by atoms with Gasteiger partial charge in [0.25, 0.3) is 0 Å². The highest BCUT2D eigenvalue weighted by Crippen LogP contribution is 2.31. The third kappa shape index (κ3) is 4.21. The number of aliphatic hydroxyl groups excluding tert-OH is 1. The molecule has 122 valence electrons. The van der Waals surface area contributed by atoms with Gasteiger partial charge in [-0.3, -0.25) is 4.90 Å². The maximum absolute atomic E-state index is 12.3. The summed E-state index contributed by atoms with van der Waals surface area (Å²) in [5.74, 6) is 0. The summed E-state index contributed by atoms with van der Waals surface area (Å²) < 4.78 is 5.36. The Balaban J connectivity index is 2.09. The number of carbonyl (C=O) groups is 1. The Labute approximate surface area is 131 Å². The minimum atomic E-state index is -1.04. The van der Waals surface area contributed by atoms with Crippen molar-refractivity contribution in [2.24, 2.45) is 0 Å². The molecular formula is C17H25NO4. The van der Waals surface area contributed by atoms with E-state index in [4.69, 9.17) is 4.74 Å². The molecule has 1 aromatic rings. The van der Waals surface area contributed by atoms with Crippen LogP contribution in [0.4, 0.5) is 4.79 Å². The fraction of sp³-hybridized carbons (Fsp3) is 0.588. The quantitative estimate of drug-likeness (QED) is 0.895. The van der Waals surface area contributed by atoms with Crippen LogP contribution in [0.5, 0.6) is 0 Å². The Morgan fingerprint density at radius 3 is 2.55 bits per heavy atom. The second kappa shape index (κ2) is 6.26. The van der Waals surface area contributed by atoms with E-state index in [0.717, 1.165) is 5.56 Å². The standard InChI is InChI=1S/C17H25NO4/c1-16(2,3)22-15(20)18-12-17(21,10-14(18)11-19)9-13-7-5-4-6-8-13/h4-8,14,19,21H,9-12H2,1-3H3/t14-,17?/m0/s1. The largest absolute Gasteiger partial charge is 0.444 e. The first kappa shape index (κ1) is 16.8. The number of rotatable bonds is 3. The van der Waals surface area contributed by atoms with Crippen molar-refractivity contribution in [2.75, 3.05) is 13.2 Å². The maximum Gasteiger partial charge on any atom is 0.410 e. The van der Waals surface area contributed by atoms with Gasteiger partial charge in [-0.1, -0.05) is 30.3 Å². The van der Waals surface area contributed by atoms with Crippen molar-refractivity contribution in [3.63, 3.8) is 0 Å². The molecule has 0 aromatic heterocycles. The summed E-state index contributed by atoms with van der Waals surface area (Å²) in [4.78, 5) is 13.7. The fourth-order valence-electron chi connectivity index (χ4n) is 2.86. The lowest BCUT2D eigenvalue weighted by atomic mass is 9.92. The molecule has 0 saturated carbocycles. The molecular weight excluding hydrogens is 282 g/mol. The van der Waals surface area contributed by atoms with Crippen LogP contribution in [0.25, 0.3) is 0 Å². The molecule has 1 aliphatic rings. The highest BCUT2D eigenvalue weighted by atomic mass is 16.6. The third-order valence-corrected chi connectivity index (χ3v) is 3.74. The number of carbonyl (C=O) groups excluding carboxylic acids is 1. The molecule has 1 fully saturated rings. The molecule has 1 aliphatic heterocycles. The monoisotopic (exact) mass is 307 g/mol. The van der Waals surface area contributed by atoms with E-state index in [0.29, 0.717) is 12.8 Å². The Hall–Kier alpha value is -1.59. The maximum atomic E-state index is 12.3. The van der Waals surface area contributed by atoms with Crippen molar-refractivity contribution in [2.45, 2.75) is 50.9 Å². The van der Waals surface area contributed by atoms with Crippen molar-refractivity contribution in [1.82, 2.24) is 4.90 Å². The van der Waals surface area contributed by atoms with Crippen LogP contribution in [0.1, 0.15) is 32.8 Å². The zero-order valence-electron chi connectivity index (χ0n) is 13.5. The smallest absolute Gasteiger partial charge is 0.410 e. The second-order valence-electron chi connectivity index (χ2n) is 7.04. The summed E-state index contributed by atoms with van der Waals surface area (Å²) in [6.45, 7) is 5.37. The van der Waals surface area contributed by atoms with Crippen LogP contribution in [0.3, 0.4) is 0 Å². The average molecular weight is 307 g/mol. The topological polar surface area (TPSA) is 70.0 Å². The summed E-state index contributed by atoms with van der Waals surface area (Å²) in [5, 5.41) is 20.3. The van der Waals surface area contributed by atoms with Gasteiger partial charge < -0.3 is 14.9 Å². The van der Waals surface area contributed by atoms with Crippen LogP contribution >= 0.6 is 0 Å². The number of ether oxygens (including phenoxy) is 1. The van der Waals surface area contributed by atoms with E-state index in [1.54, 1.807) is 20.8 Å². The molecule has 5 heteroatoms. The lowest BCUT2D eigenvalue weighted by Crippen LogP contribution is -2.43. The first-order chi connectivity index (χ1) is 10.2. The zero-order chi connectivity index (χ0) is 16.4. The van der Waals surface area contributed by atoms with E-state index in [9.17, 15) is 15.0 Å². The van der Waals surface area contributed by atoms with E-state index < -0.39 is 23.3 Å². The molecule has 0 spiro atoms. The first-order valence-corrected chi connectivity index (χ1v) is 7.59. The lowest BCUT2D eigenvalue weighted by Gasteiger charge is -2.28. The SMILES string of the molecule is CC(C)(C)OC(=O)N1CC(O)(Cc2ccccc2)C[C@H]1CO. The van der Waals surface area contributed by atoms with E-state index in [2.05, 4.69) is 0 Å². The van der Waals surface area contributed by atoms with Crippen LogP contribution in [-0.2, 0) is 11.2 Å². The molecule has 1 heterocycles. The van der Waals surface area contributed by atoms with E-state index in [1.165, 1.54) is 4.90 Å². The highest BCUT2D eigenvalue weighted by molar-refractivity contribution is 5.69. The molecule has 1 saturated heterocycles. The van der Waals surface area contributed by atoms with Crippen LogP contribution < -0.4 is 0 Å². The minimum absolute atomic E-state index is 0.169. The molecule has 1 aromatic carbocycles. The molecule has 22 heavy (non-hydrogen) atoms. The molecule has 2 rings (SSSR count). The van der Waals surface area contributed by atoms with E-state index in [1.807, 2.05) is 30.3 Å². The fourth-order valence-corrected chi connectivity index (χ4v) is 2.86. The van der Waals surface area contributed by atoms with Gasteiger partial charge in [-0.25, -0.2) is 4.79 Å². The lowest BCUT2D eigenvalue weighted by molar-refractivity contribution is 0.00989. The van der Waals surface area contributed by atoms with Gasteiger partial charge in [0.2, 0.25) is 0 Å². The molecule has 2 atom stereocenters. The molecule has 2 N–H and O–H groups in total. The van der Waals surface area contributed by atoms with E-state index in [-0.39, 0.29) is 13.2 Å². The Bertz CT molecular complexity index is 511. The third-order valence-electron chi connectivity index (χ3n) is 3.74. The van der Waals surface area contributed by atoms with Gasteiger partial charge in [-0.2, -0.15) is 0 Å². The predicted molar refractivity (Wildman–Crippen MR) is 83.5 cm³/mol. The van der Waals surface area contributed by atoms with Gasteiger partial charge in [0.05, 0.1) is 24.8 Å². The molecule has 0 aliphatic carbocycles. The predicted octanol–water partition coefficient (Wildman–Crippen LogP) is 1.96. The van der Waals surface area contributed by atoms with Crippen molar-refractivity contribution >= 4 is 6.09 Å². The first-order valence-electron chi connectivity index (χ1n) is 7.59. The number of likely N-dealkylation sites (tertiary alicyclic amines) is 1. The number of β-amino-alcohol motifs (C(OH)–C–C–N with tert-alkyl or cyclic N) is 1. The van der Waals surface area contributed by atoms with Crippen molar-refractivity contribution in [1.29, 1.82) is 0 Å². The Morgan fingerprint density at radius 1 is 1.36 bits per heavy atom. The van der Waals surface area contributed by atoms with Gasteiger partial charge in [0, 0.05) is 12.8 Å². The van der Waals surface area contributed by atoms with Gasteiger partial charge in [-0.15, -0.1) is 0 Å². The van der Waals surface area contributed by atoms with Gasteiger partial charge >= 0.3 is 6.09 Å². The molecule has 0 radical (unpaired) electrons. The number of hydrogen-bond donors (Lipinski definition) is 2. The van der Waals surface area contributed by atoms with Crippen molar-refractivity contribution < 1.29 is 19.7 Å². The molecule has 1 amide bonds. The average Bonchev–Trinajstić information content (AvgIpc) is 2.75. The van der Waals surface area contributed by atoms with Gasteiger partial charge in [-0.05, 0) is 26.3 Å². The highest BCUT2D eigenvalue weighted by Gasteiger charge is 2.45. The van der Waals surface area contributed by atoms with Crippen LogP contribution in [0.15, 0.2) is 30.3 Å². The van der Waals surface area contributed by atoms with Gasteiger partial charge in [0.15, 0.2) is 0 Å². The second-order valence-corrected chi connectivity index (χ2v) is 7.04. The minimum Gasteiger partial charge on any atom is -0.444 e.